The summed E-state index contributed by atoms with van der Waals surface area (Å²) in [7, 11) is 0. The molecule has 1 aliphatic rings. The van der Waals surface area contributed by atoms with Crippen LogP contribution < -0.4 is 0 Å². The first-order valence-electron chi connectivity index (χ1n) is 6.83. The Hall–Kier alpha value is -1.78. The second kappa shape index (κ2) is 5.78. The number of Topliss-reactive ketones (excluding diaryl/α,β-unsaturated/α-hetero) is 1. The van der Waals surface area contributed by atoms with E-state index in [1.165, 1.54) is 23.1 Å². The van der Waals surface area contributed by atoms with E-state index in [0.29, 0.717) is 28.6 Å². The van der Waals surface area contributed by atoms with Crippen molar-refractivity contribution >= 4 is 28.9 Å². The van der Waals surface area contributed by atoms with E-state index in [1.54, 1.807) is 11.6 Å². The van der Waals surface area contributed by atoms with Crippen LogP contribution in [0.25, 0.3) is 0 Å². The standard InChI is InChI=1S/C15H14N4OS2/c1-15(2)3-11-10(12(20)4-15)6-17-14(19-11)22-8-13-18-9(5-16)7-21-13/h6-7H,3-4,8H2,1-2H3. The molecule has 1 aliphatic carbocycles. The molecule has 3 rings (SSSR count). The highest BCUT2D eigenvalue weighted by molar-refractivity contribution is 7.98. The third-order valence-electron chi connectivity index (χ3n) is 3.42. The molecule has 0 radical (unpaired) electrons. The van der Waals surface area contributed by atoms with Crippen molar-refractivity contribution in [2.24, 2.45) is 5.41 Å². The molecule has 22 heavy (non-hydrogen) atoms. The zero-order chi connectivity index (χ0) is 15.7. The van der Waals surface area contributed by atoms with Crippen LogP contribution in [0.3, 0.4) is 0 Å². The maximum Gasteiger partial charge on any atom is 0.188 e. The highest BCUT2D eigenvalue weighted by Gasteiger charge is 2.32. The van der Waals surface area contributed by atoms with Crippen molar-refractivity contribution in [2.45, 2.75) is 37.6 Å². The molecule has 112 valence electrons. The van der Waals surface area contributed by atoms with Crippen LogP contribution in [0.2, 0.25) is 0 Å². The van der Waals surface area contributed by atoms with E-state index in [0.717, 1.165) is 17.1 Å². The Balaban J connectivity index is 1.76. The molecule has 5 nitrogen and oxygen atoms in total. The lowest BCUT2D eigenvalue weighted by molar-refractivity contribution is 0.0909. The predicted molar refractivity (Wildman–Crippen MR) is 84.9 cm³/mol. The highest BCUT2D eigenvalue weighted by Crippen LogP contribution is 2.34. The van der Waals surface area contributed by atoms with Gasteiger partial charge in [-0.1, -0.05) is 25.6 Å². The van der Waals surface area contributed by atoms with E-state index in [4.69, 9.17) is 5.26 Å². The van der Waals surface area contributed by atoms with Gasteiger partial charge in [-0.3, -0.25) is 4.79 Å². The van der Waals surface area contributed by atoms with Crippen molar-refractivity contribution in [2.75, 3.05) is 0 Å². The fraction of sp³-hybridized carbons (Fsp3) is 0.400. The molecule has 2 aromatic rings. The topological polar surface area (TPSA) is 79.5 Å². The Labute approximate surface area is 136 Å². The van der Waals surface area contributed by atoms with Crippen LogP contribution >= 0.6 is 23.1 Å². The zero-order valence-electron chi connectivity index (χ0n) is 12.3. The quantitative estimate of drug-likeness (QED) is 0.635. The third kappa shape index (κ3) is 3.18. The van der Waals surface area contributed by atoms with Gasteiger partial charge in [-0.15, -0.1) is 11.3 Å². The minimum atomic E-state index is -0.0443. The van der Waals surface area contributed by atoms with E-state index in [-0.39, 0.29) is 11.2 Å². The number of thiazole rings is 1. The smallest absolute Gasteiger partial charge is 0.188 e. The highest BCUT2D eigenvalue weighted by atomic mass is 32.2. The van der Waals surface area contributed by atoms with Crippen LogP contribution in [-0.2, 0) is 12.2 Å². The van der Waals surface area contributed by atoms with Crippen molar-refractivity contribution in [1.82, 2.24) is 15.0 Å². The van der Waals surface area contributed by atoms with Gasteiger partial charge < -0.3 is 0 Å². The first-order chi connectivity index (χ1) is 10.5. The fourth-order valence-electron chi connectivity index (χ4n) is 2.44. The minimum absolute atomic E-state index is 0.0443. The van der Waals surface area contributed by atoms with Crippen molar-refractivity contribution in [3.8, 4) is 6.07 Å². The Bertz CT molecular complexity index is 776. The molecule has 0 bridgehead atoms. The average Bonchev–Trinajstić information content (AvgIpc) is 2.91. The second-order valence-corrected chi connectivity index (χ2v) is 7.87. The SMILES string of the molecule is CC1(C)CC(=O)c2cnc(SCc3nc(C#N)cs3)nc2C1. The molecule has 7 heteroatoms. The average molecular weight is 330 g/mol. The molecule has 0 spiro atoms. The number of hydrogen-bond acceptors (Lipinski definition) is 7. The van der Waals surface area contributed by atoms with Crippen LogP contribution in [0, 0.1) is 16.7 Å². The Kier molecular flexibility index (Phi) is 3.98. The molecule has 0 aromatic carbocycles. The molecule has 2 aromatic heterocycles. The maximum absolute atomic E-state index is 12.1. The number of aromatic nitrogens is 3. The summed E-state index contributed by atoms with van der Waals surface area (Å²) in [4.78, 5) is 25.1. The summed E-state index contributed by atoms with van der Waals surface area (Å²) in [6.07, 6.45) is 2.98. The Morgan fingerprint density at radius 2 is 2.23 bits per heavy atom. The Morgan fingerprint density at radius 3 is 2.95 bits per heavy atom. The second-order valence-electron chi connectivity index (χ2n) is 5.98. The molecule has 0 amide bonds. The van der Waals surface area contributed by atoms with Gasteiger partial charge in [-0.05, 0) is 11.8 Å². The maximum atomic E-state index is 12.1. The van der Waals surface area contributed by atoms with E-state index in [2.05, 4.69) is 28.8 Å². The lowest BCUT2D eigenvalue weighted by Gasteiger charge is -2.29. The normalized spacial score (nSPS) is 16.1. The van der Waals surface area contributed by atoms with Gasteiger partial charge >= 0.3 is 0 Å². The zero-order valence-corrected chi connectivity index (χ0v) is 13.9. The number of rotatable bonds is 3. The van der Waals surface area contributed by atoms with Gasteiger partial charge in [0.25, 0.3) is 0 Å². The molecule has 0 fully saturated rings. The molecule has 0 saturated carbocycles. The largest absolute Gasteiger partial charge is 0.294 e. The summed E-state index contributed by atoms with van der Waals surface area (Å²) in [5.41, 5.74) is 1.90. The van der Waals surface area contributed by atoms with Crippen molar-refractivity contribution in [3.05, 3.63) is 33.5 Å². The summed E-state index contributed by atoms with van der Waals surface area (Å²) in [5, 5.41) is 12.0. The number of nitriles is 1. The van der Waals surface area contributed by atoms with Gasteiger partial charge in [0.15, 0.2) is 16.6 Å². The molecule has 0 saturated heterocycles. The summed E-state index contributed by atoms with van der Waals surface area (Å²) in [6.45, 7) is 4.17. The lowest BCUT2D eigenvalue weighted by atomic mass is 9.76. The van der Waals surface area contributed by atoms with E-state index >= 15 is 0 Å². The Morgan fingerprint density at radius 1 is 1.41 bits per heavy atom. The van der Waals surface area contributed by atoms with E-state index in [9.17, 15) is 4.79 Å². The monoisotopic (exact) mass is 330 g/mol. The summed E-state index contributed by atoms with van der Waals surface area (Å²) in [5.74, 6) is 0.754. The van der Waals surface area contributed by atoms with Crippen LogP contribution in [0.4, 0.5) is 0 Å². The molecular formula is C15H14N4OS2. The van der Waals surface area contributed by atoms with Gasteiger partial charge in [-0.25, -0.2) is 15.0 Å². The number of ketones is 1. The molecular weight excluding hydrogens is 316 g/mol. The first-order valence-corrected chi connectivity index (χ1v) is 8.70. The van der Waals surface area contributed by atoms with Crippen molar-refractivity contribution in [3.63, 3.8) is 0 Å². The summed E-state index contributed by atoms with van der Waals surface area (Å²) in [6, 6.07) is 2.02. The van der Waals surface area contributed by atoms with Gasteiger partial charge in [0, 0.05) is 18.0 Å². The summed E-state index contributed by atoms with van der Waals surface area (Å²) >= 11 is 2.93. The third-order valence-corrected chi connectivity index (χ3v) is 5.33. The number of hydrogen-bond donors (Lipinski definition) is 0. The number of carbonyl (C=O) groups excluding carboxylic acids is 1. The molecule has 2 heterocycles. The van der Waals surface area contributed by atoms with Gasteiger partial charge in [0.05, 0.1) is 17.0 Å². The summed E-state index contributed by atoms with van der Waals surface area (Å²) < 4.78 is 0. The molecule has 0 N–H and O–H groups in total. The first kappa shape index (κ1) is 15.1. The van der Waals surface area contributed by atoms with E-state index in [1.807, 2.05) is 6.07 Å². The predicted octanol–water partition coefficient (Wildman–Crippen LogP) is 3.25. The molecule has 0 unspecified atom stereocenters. The van der Waals surface area contributed by atoms with Crippen LogP contribution in [0.5, 0.6) is 0 Å². The van der Waals surface area contributed by atoms with E-state index < -0.39 is 0 Å². The van der Waals surface area contributed by atoms with Crippen molar-refractivity contribution in [1.29, 1.82) is 5.26 Å². The van der Waals surface area contributed by atoms with Crippen molar-refractivity contribution < 1.29 is 4.79 Å². The number of nitrogens with zero attached hydrogens (tertiary/aromatic N) is 4. The van der Waals surface area contributed by atoms with Gasteiger partial charge in [0.2, 0.25) is 0 Å². The van der Waals surface area contributed by atoms with Crippen LogP contribution in [0.1, 0.15) is 47.0 Å². The number of thioether (sulfide) groups is 1. The minimum Gasteiger partial charge on any atom is -0.294 e. The fourth-order valence-corrected chi connectivity index (χ4v) is 4.01. The van der Waals surface area contributed by atoms with Crippen LogP contribution in [0.15, 0.2) is 16.7 Å². The molecule has 0 aliphatic heterocycles. The molecule has 0 atom stereocenters. The number of fused-ring (bicyclic) bond motifs is 1. The lowest BCUT2D eigenvalue weighted by Crippen LogP contribution is -2.28. The van der Waals surface area contributed by atoms with Gasteiger partial charge in [0.1, 0.15) is 11.1 Å². The number of carbonyl (C=O) groups is 1. The van der Waals surface area contributed by atoms with Crippen LogP contribution in [-0.4, -0.2) is 20.7 Å². The van der Waals surface area contributed by atoms with Gasteiger partial charge in [-0.2, -0.15) is 5.26 Å².